The molecule has 2 N–H and O–H groups in total. The van der Waals surface area contributed by atoms with Crippen molar-refractivity contribution in [2.45, 2.75) is 52.9 Å². The Kier molecular flexibility index (Phi) is 7.54. The first-order valence-electron chi connectivity index (χ1n) is 8.23. The van der Waals surface area contributed by atoms with Crippen LogP contribution in [0, 0.1) is 17.8 Å². The summed E-state index contributed by atoms with van der Waals surface area (Å²) in [5, 5.41) is 12.1. The average molecular weight is 298 g/mol. The molecular weight excluding hydrogens is 268 g/mol. The molecule has 0 aromatic carbocycles. The Morgan fingerprint density at radius 2 is 2.05 bits per heavy atom. The van der Waals surface area contributed by atoms with Crippen LogP contribution in [0.5, 0.6) is 0 Å². The van der Waals surface area contributed by atoms with Gasteiger partial charge in [0.05, 0.1) is 5.92 Å². The van der Waals surface area contributed by atoms with Gasteiger partial charge in [-0.15, -0.1) is 0 Å². The van der Waals surface area contributed by atoms with Crippen molar-refractivity contribution in [2.24, 2.45) is 17.8 Å². The number of nitrogens with zero attached hydrogens (tertiary/aromatic N) is 1. The van der Waals surface area contributed by atoms with Crippen LogP contribution >= 0.6 is 0 Å². The Labute approximate surface area is 128 Å². The van der Waals surface area contributed by atoms with Crippen molar-refractivity contribution >= 4 is 12.0 Å². The van der Waals surface area contributed by atoms with E-state index in [0.29, 0.717) is 32.0 Å². The molecule has 122 valence electrons. The van der Waals surface area contributed by atoms with Crippen LogP contribution in [-0.2, 0) is 4.79 Å². The zero-order valence-corrected chi connectivity index (χ0v) is 13.6. The number of rotatable bonds is 7. The number of unbranched alkanes of at least 4 members (excludes halogenated alkanes) is 1. The number of carbonyl (C=O) groups excluding carboxylic acids is 1. The van der Waals surface area contributed by atoms with Gasteiger partial charge in [0.25, 0.3) is 0 Å². The Morgan fingerprint density at radius 3 is 2.62 bits per heavy atom. The van der Waals surface area contributed by atoms with Crippen LogP contribution < -0.4 is 5.32 Å². The second kappa shape index (κ2) is 8.90. The molecule has 5 nitrogen and oxygen atoms in total. The first-order chi connectivity index (χ1) is 9.97. The van der Waals surface area contributed by atoms with Gasteiger partial charge in [0.2, 0.25) is 0 Å². The number of hydrogen-bond donors (Lipinski definition) is 2. The first-order valence-corrected chi connectivity index (χ1v) is 8.23. The molecule has 1 aliphatic rings. The summed E-state index contributed by atoms with van der Waals surface area (Å²) < 4.78 is 0. The Morgan fingerprint density at radius 1 is 1.33 bits per heavy atom. The third-order valence-corrected chi connectivity index (χ3v) is 4.38. The topological polar surface area (TPSA) is 69.6 Å². The molecule has 0 saturated carbocycles. The van der Waals surface area contributed by atoms with Gasteiger partial charge < -0.3 is 15.3 Å². The standard InChI is InChI=1S/C16H30N2O3/c1-4-6-7-13(5-2)9-17-16(21)18-10-12(3)8-14(11-18)15(19)20/h12-14H,4-11H2,1-3H3,(H,17,21)(H,19,20). The second-order valence-electron chi connectivity index (χ2n) is 6.38. The molecule has 0 radical (unpaired) electrons. The van der Waals surface area contributed by atoms with Gasteiger partial charge in [0.15, 0.2) is 0 Å². The molecule has 0 bridgehead atoms. The summed E-state index contributed by atoms with van der Waals surface area (Å²) >= 11 is 0. The minimum absolute atomic E-state index is 0.109. The third kappa shape index (κ3) is 5.94. The molecule has 21 heavy (non-hydrogen) atoms. The van der Waals surface area contributed by atoms with E-state index in [9.17, 15) is 9.59 Å². The largest absolute Gasteiger partial charge is 0.481 e. The molecule has 1 saturated heterocycles. The normalized spacial score (nSPS) is 23.7. The summed E-state index contributed by atoms with van der Waals surface area (Å²) in [6, 6.07) is -0.109. The first kappa shape index (κ1) is 17.8. The molecule has 2 amide bonds. The molecule has 0 spiro atoms. The lowest BCUT2D eigenvalue weighted by Gasteiger charge is -2.35. The smallest absolute Gasteiger partial charge is 0.317 e. The van der Waals surface area contributed by atoms with Crippen molar-refractivity contribution in [1.82, 2.24) is 10.2 Å². The van der Waals surface area contributed by atoms with Crippen LogP contribution in [0.1, 0.15) is 52.9 Å². The van der Waals surface area contributed by atoms with Crippen molar-refractivity contribution < 1.29 is 14.7 Å². The van der Waals surface area contributed by atoms with Crippen molar-refractivity contribution in [3.05, 3.63) is 0 Å². The van der Waals surface area contributed by atoms with Gasteiger partial charge in [-0.1, -0.05) is 40.0 Å². The highest BCUT2D eigenvalue weighted by Crippen LogP contribution is 2.22. The summed E-state index contributed by atoms with van der Waals surface area (Å²) in [5.41, 5.74) is 0. The number of urea groups is 1. The highest BCUT2D eigenvalue weighted by Gasteiger charge is 2.31. The predicted octanol–water partition coefficient (Wildman–Crippen LogP) is 2.96. The average Bonchev–Trinajstić information content (AvgIpc) is 2.46. The SMILES string of the molecule is CCCCC(CC)CNC(=O)N1CC(C)CC(C(=O)O)C1. The fraction of sp³-hybridized carbons (Fsp3) is 0.875. The lowest BCUT2D eigenvalue weighted by Crippen LogP contribution is -2.50. The number of nitrogens with one attached hydrogen (secondary N) is 1. The van der Waals surface area contributed by atoms with Crippen LogP contribution in [0.15, 0.2) is 0 Å². The van der Waals surface area contributed by atoms with Gasteiger partial charge >= 0.3 is 12.0 Å². The van der Waals surface area contributed by atoms with Gasteiger partial charge in [-0.05, 0) is 24.7 Å². The summed E-state index contributed by atoms with van der Waals surface area (Å²) in [5.74, 6) is -0.464. The van der Waals surface area contributed by atoms with Crippen LogP contribution in [0.2, 0.25) is 0 Å². The molecule has 3 unspecified atom stereocenters. The number of carboxylic acids is 1. The van der Waals surface area contributed by atoms with E-state index in [1.165, 1.54) is 12.8 Å². The van der Waals surface area contributed by atoms with Gasteiger partial charge in [0.1, 0.15) is 0 Å². The van der Waals surface area contributed by atoms with E-state index in [2.05, 4.69) is 19.2 Å². The molecule has 0 aromatic heterocycles. The van der Waals surface area contributed by atoms with E-state index in [1.807, 2.05) is 6.92 Å². The zero-order chi connectivity index (χ0) is 15.8. The maximum atomic E-state index is 12.2. The third-order valence-electron chi connectivity index (χ3n) is 4.38. The zero-order valence-electron chi connectivity index (χ0n) is 13.6. The van der Waals surface area contributed by atoms with Crippen LogP contribution in [-0.4, -0.2) is 41.6 Å². The highest BCUT2D eigenvalue weighted by atomic mass is 16.4. The Hall–Kier alpha value is -1.26. The van der Waals surface area contributed by atoms with E-state index in [0.717, 1.165) is 12.8 Å². The van der Waals surface area contributed by atoms with Crippen LogP contribution in [0.25, 0.3) is 0 Å². The fourth-order valence-corrected chi connectivity index (χ4v) is 2.98. The number of aliphatic carboxylic acids is 1. The van der Waals surface area contributed by atoms with Crippen molar-refractivity contribution in [3.63, 3.8) is 0 Å². The van der Waals surface area contributed by atoms with Crippen LogP contribution in [0.4, 0.5) is 4.79 Å². The van der Waals surface area contributed by atoms with Gasteiger partial charge in [-0.2, -0.15) is 0 Å². The van der Waals surface area contributed by atoms with E-state index in [1.54, 1.807) is 4.90 Å². The molecule has 3 atom stereocenters. The Bertz CT molecular complexity index is 346. The summed E-state index contributed by atoms with van der Waals surface area (Å²) in [4.78, 5) is 25.0. The van der Waals surface area contributed by atoms with E-state index in [4.69, 9.17) is 5.11 Å². The molecule has 1 heterocycles. The van der Waals surface area contributed by atoms with E-state index < -0.39 is 11.9 Å². The number of piperidine rings is 1. The van der Waals surface area contributed by atoms with Gasteiger partial charge in [0, 0.05) is 19.6 Å². The Balaban J connectivity index is 2.44. The molecular formula is C16H30N2O3. The molecule has 0 aliphatic carbocycles. The molecule has 1 rings (SSSR count). The maximum Gasteiger partial charge on any atom is 0.317 e. The summed E-state index contributed by atoms with van der Waals surface area (Å²) in [7, 11) is 0. The number of carboxylic acid groups (broad SMARTS) is 1. The minimum atomic E-state index is -0.797. The molecule has 0 aromatic rings. The van der Waals surface area contributed by atoms with E-state index in [-0.39, 0.29) is 11.9 Å². The number of amides is 2. The van der Waals surface area contributed by atoms with Crippen molar-refractivity contribution in [1.29, 1.82) is 0 Å². The summed E-state index contributed by atoms with van der Waals surface area (Å²) in [6.45, 7) is 8.00. The number of likely N-dealkylation sites (tertiary alicyclic amines) is 1. The molecule has 1 fully saturated rings. The predicted molar refractivity (Wildman–Crippen MR) is 83.2 cm³/mol. The van der Waals surface area contributed by atoms with Gasteiger partial charge in [-0.25, -0.2) is 4.79 Å². The lowest BCUT2D eigenvalue weighted by atomic mass is 9.91. The van der Waals surface area contributed by atoms with E-state index >= 15 is 0 Å². The number of hydrogen-bond acceptors (Lipinski definition) is 2. The van der Waals surface area contributed by atoms with Gasteiger partial charge in [-0.3, -0.25) is 4.79 Å². The second-order valence-corrected chi connectivity index (χ2v) is 6.38. The monoisotopic (exact) mass is 298 g/mol. The lowest BCUT2D eigenvalue weighted by molar-refractivity contribution is -0.143. The number of carbonyl (C=O) groups is 2. The highest BCUT2D eigenvalue weighted by molar-refractivity contribution is 5.76. The maximum absolute atomic E-state index is 12.2. The summed E-state index contributed by atoms with van der Waals surface area (Å²) in [6.07, 6.45) is 5.23. The quantitative estimate of drug-likeness (QED) is 0.759. The fourth-order valence-electron chi connectivity index (χ4n) is 2.98. The molecule has 5 heteroatoms. The van der Waals surface area contributed by atoms with Crippen molar-refractivity contribution in [2.75, 3.05) is 19.6 Å². The molecule has 1 aliphatic heterocycles. The van der Waals surface area contributed by atoms with Crippen LogP contribution in [0.3, 0.4) is 0 Å². The van der Waals surface area contributed by atoms with Crippen molar-refractivity contribution in [3.8, 4) is 0 Å². The minimum Gasteiger partial charge on any atom is -0.481 e.